The van der Waals surface area contributed by atoms with Crippen LogP contribution in [0.2, 0.25) is 0 Å². The minimum absolute atomic E-state index is 0.332. The Kier molecular flexibility index (Phi) is 2.29. The van der Waals surface area contributed by atoms with Gasteiger partial charge in [-0.25, -0.2) is 19.6 Å². The van der Waals surface area contributed by atoms with Gasteiger partial charge in [-0.05, 0) is 12.1 Å². The first kappa shape index (κ1) is 10.2. The summed E-state index contributed by atoms with van der Waals surface area (Å²) in [6, 6.07) is 7.89. The van der Waals surface area contributed by atoms with Crippen molar-refractivity contribution in [2.45, 2.75) is 13.3 Å². The third kappa shape index (κ3) is 1.66. The first-order valence-corrected chi connectivity index (χ1v) is 6.13. The van der Waals surface area contributed by atoms with Crippen molar-refractivity contribution in [1.29, 1.82) is 0 Å². The number of hydrogen-bond donors (Lipinski definition) is 1. The minimum Gasteiger partial charge on any atom is -0.244 e. The fourth-order valence-electron chi connectivity index (χ4n) is 1.70. The molecule has 1 N–H and O–H groups in total. The zero-order chi connectivity index (χ0) is 11.8. The van der Waals surface area contributed by atoms with Gasteiger partial charge in [-0.3, -0.25) is 0 Å². The topological polar surface area (TPSA) is 63.6 Å². The lowest BCUT2D eigenvalue weighted by Crippen LogP contribution is -2.05. The van der Waals surface area contributed by atoms with Crippen LogP contribution in [0.4, 0.5) is 0 Å². The summed E-state index contributed by atoms with van der Waals surface area (Å²) in [6.07, 6.45) is 0.689. The summed E-state index contributed by atoms with van der Waals surface area (Å²) in [7, 11) is 0. The van der Waals surface area contributed by atoms with E-state index in [-0.39, 0.29) is 5.69 Å². The van der Waals surface area contributed by atoms with E-state index in [9.17, 15) is 4.79 Å². The Hall–Kier alpha value is -1.95. The van der Waals surface area contributed by atoms with Gasteiger partial charge in [0.1, 0.15) is 5.82 Å². The molecule has 0 radical (unpaired) electrons. The van der Waals surface area contributed by atoms with E-state index in [0.29, 0.717) is 12.2 Å². The second-order valence-corrected chi connectivity index (χ2v) is 4.61. The van der Waals surface area contributed by atoms with E-state index in [0.717, 1.165) is 15.3 Å². The standard InChI is InChI=1S/C11H10N4OS/c1-2-9-13-10(16)14-15(9)11-12-7-5-3-4-6-8(7)17-11/h3-6H,2H2,1H3,(H,14,16). The molecule has 5 nitrogen and oxygen atoms in total. The number of aromatic nitrogens is 4. The summed E-state index contributed by atoms with van der Waals surface area (Å²) < 4.78 is 2.76. The molecule has 86 valence electrons. The van der Waals surface area contributed by atoms with Crippen molar-refractivity contribution in [2.24, 2.45) is 0 Å². The lowest BCUT2D eigenvalue weighted by atomic mass is 10.3. The van der Waals surface area contributed by atoms with Gasteiger partial charge in [0, 0.05) is 6.42 Å². The molecule has 6 heteroatoms. The van der Waals surface area contributed by atoms with E-state index in [4.69, 9.17) is 0 Å². The molecule has 17 heavy (non-hydrogen) atoms. The lowest BCUT2D eigenvalue weighted by Gasteiger charge is -1.98. The number of nitrogens with zero attached hydrogens (tertiary/aromatic N) is 3. The summed E-state index contributed by atoms with van der Waals surface area (Å²) >= 11 is 1.53. The van der Waals surface area contributed by atoms with Gasteiger partial charge in [0.05, 0.1) is 10.2 Å². The number of thiazole rings is 1. The predicted molar refractivity (Wildman–Crippen MR) is 66.7 cm³/mol. The molecule has 0 saturated heterocycles. The van der Waals surface area contributed by atoms with Gasteiger partial charge < -0.3 is 0 Å². The Morgan fingerprint density at radius 3 is 2.94 bits per heavy atom. The maximum absolute atomic E-state index is 11.2. The Bertz CT molecular complexity index is 691. The second kappa shape index (κ2) is 3.81. The van der Waals surface area contributed by atoms with Crippen LogP contribution in [0.15, 0.2) is 29.1 Å². The number of hydrogen-bond acceptors (Lipinski definition) is 4. The summed E-state index contributed by atoms with van der Waals surface area (Å²) in [4.78, 5) is 19.6. The monoisotopic (exact) mass is 246 g/mol. The number of aromatic amines is 1. The van der Waals surface area contributed by atoms with Gasteiger partial charge in [-0.1, -0.05) is 30.4 Å². The predicted octanol–water partition coefficient (Wildman–Crippen LogP) is 1.73. The van der Waals surface area contributed by atoms with Crippen molar-refractivity contribution in [3.63, 3.8) is 0 Å². The Labute approximate surface area is 101 Å². The number of rotatable bonds is 2. The fourth-order valence-corrected chi connectivity index (χ4v) is 2.65. The number of aryl methyl sites for hydroxylation is 1. The van der Waals surface area contributed by atoms with E-state index in [2.05, 4.69) is 15.1 Å². The highest BCUT2D eigenvalue weighted by Crippen LogP contribution is 2.24. The highest BCUT2D eigenvalue weighted by molar-refractivity contribution is 7.20. The van der Waals surface area contributed by atoms with Gasteiger partial charge in [0.15, 0.2) is 0 Å². The van der Waals surface area contributed by atoms with Crippen LogP contribution in [0.1, 0.15) is 12.7 Å². The number of para-hydroxylation sites is 1. The maximum atomic E-state index is 11.2. The zero-order valence-corrected chi connectivity index (χ0v) is 9.99. The smallest absolute Gasteiger partial charge is 0.244 e. The molecular formula is C11H10N4OS. The molecule has 0 spiro atoms. The molecule has 0 atom stereocenters. The molecule has 0 unspecified atom stereocenters. The Morgan fingerprint density at radius 1 is 1.35 bits per heavy atom. The first-order chi connectivity index (χ1) is 8.28. The Balaban J connectivity index is 2.23. The van der Waals surface area contributed by atoms with Gasteiger partial charge >= 0.3 is 5.69 Å². The van der Waals surface area contributed by atoms with Crippen molar-refractivity contribution < 1.29 is 0 Å². The third-order valence-electron chi connectivity index (χ3n) is 2.49. The molecular weight excluding hydrogens is 236 g/mol. The third-order valence-corrected chi connectivity index (χ3v) is 3.51. The van der Waals surface area contributed by atoms with Gasteiger partial charge in [0.2, 0.25) is 5.13 Å². The van der Waals surface area contributed by atoms with E-state index in [1.165, 1.54) is 11.3 Å². The number of nitrogens with one attached hydrogen (secondary N) is 1. The average Bonchev–Trinajstić information content (AvgIpc) is 2.91. The van der Waals surface area contributed by atoms with E-state index < -0.39 is 0 Å². The van der Waals surface area contributed by atoms with Crippen LogP contribution < -0.4 is 5.69 Å². The van der Waals surface area contributed by atoms with Crippen molar-refractivity contribution >= 4 is 21.6 Å². The van der Waals surface area contributed by atoms with Gasteiger partial charge in [-0.15, -0.1) is 0 Å². The summed E-state index contributed by atoms with van der Waals surface area (Å²) in [5, 5.41) is 3.42. The molecule has 3 aromatic rings. The molecule has 3 rings (SSSR count). The Morgan fingerprint density at radius 2 is 2.18 bits per heavy atom. The van der Waals surface area contributed by atoms with Crippen molar-refractivity contribution in [1.82, 2.24) is 19.7 Å². The molecule has 0 amide bonds. The van der Waals surface area contributed by atoms with Gasteiger partial charge in [0.25, 0.3) is 0 Å². The van der Waals surface area contributed by atoms with Crippen molar-refractivity contribution in [2.75, 3.05) is 0 Å². The summed E-state index contributed by atoms with van der Waals surface area (Å²) in [6.45, 7) is 1.96. The van der Waals surface area contributed by atoms with Gasteiger partial charge in [-0.2, -0.15) is 4.98 Å². The van der Waals surface area contributed by atoms with Crippen LogP contribution in [-0.2, 0) is 6.42 Å². The molecule has 0 aliphatic rings. The average molecular weight is 246 g/mol. The minimum atomic E-state index is -0.332. The quantitative estimate of drug-likeness (QED) is 0.749. The number of benzene rings is 1. The molecule has 0 aliphatic heterocycles. The van der Waals surface area contributed by atoms with E-state index in [1.54, 1.807) is 4.68 Å². The molecule has 0 fully saturated rings. The van der Waals surface area contributed by atoms with Crippen LogP contribution in [0.3, 0.4) is 0 Å². The van der Waals surface area contributed by atoms with Crippen LogP contribution in [0.25, 0.3) is 15.3 Å². The fraction of sp³-hybridized carbons (Fsp3) is 0.182. The van der Waals surface area contributed by atoms with Crippen LogP contribution >= 0.6 is 11.3 Å². The van der Waals surface area contributed by atoms with E-state index >= 15 is 0 Å². The molecule has 0 bridgehead atoms. The molecule has 0 aliphatic carbocycles. The lowest BCUT2D eigenvalue weighted by molar-refractivity contribution is 0.792. The van der Waals surface area contributed by atoms with E-state index in [1.807, 2.05) is 31.2 Å². The highest BCUT2D eigenvalue weighted by Gasteiger charge is 2.10. The molecule has 1 aromatic carbocycles. The molecule has 2 aromatic heterocycles. The number of H-pyrrole nitrogens is 1. The SMILES string of the molecule is CCc1nc(=O)[nH]n1-c1nc2ccccc2s1. The summed E-state index contributed by atoms with van der Waals surface area (Å²) in [5.41, 5.74) is 0.602. The van der Waals surface area contributed by atoms with Crippen molar-refractivity contribution in [3.05, 3.63) is 40.6 Å². The van der Waals surface area contributed by atoms with Crippen LogP contribution in [0, 0.1) is 0 Å². The van der Waals surface area contributed by atoms with Crippen LogP contribution in [0.5, 0.6) is 0 Å². The van der Waals surface area contributed by atoms with Crippen LogP contribution in [-0.4, -0.2) is 19.7 Å². The zero-order valence-electron chi connectivity index (χ0n) is 9.17. The summed E-state index contributed by atoms with van der Waals surface area (Å²) in [5.74, 6) is 0.703. The highest BCUT2D eigenvalue weighted by atomic mass is 32.1. The first-order valence-electron chi connectivity index (χ1n) is 5.32. The second-order valence-electron chi connectivity index (χ2n) is 3.60. The molecule has 2 heterocycles. The van der Waals surface area contributed by atoms with Crippen molar-refractivity contribution in [3.8, 4) is 5.13 Å². The largest absolute Gasteiger partial charge is 0.361 e. The normalized spacial score (nSPS) is 11.1. The number of fused-ring (bicyclic) bond motifs is 1. The molecule has 0 saturated carbocycles. The maximum Gasteiger partial charge on any atom is 0.361 e.